The Balaban J connectivity index is 2.35. The van der Waals surface area contributed by atoms with E-state index in [4.69, 9.17) is 4.74 Å². The predicted octanol–water partition coefficient (Wildman–Crippen LogP) is 1.15. The molecule has 4 heteroatoms. The summed E-state index contributed by atoms with van der Waals surface area (Å²) in [6, 6.07) is 4.06. The van der Waals surface area contributed by atoms with Gasteiger partial charge in [0.25, 0.3) is 0 Å². The van der Waals surface area contributed by atoms with Crippen LogP contribution >= 0.6 is 0 Å². The van der Waals surface area contributed by atoms with Crippen molar-refractivity contribution in [2.24, 2.45) is 0 Å². The Morgan fingerprint density at radius 3 is 3.17 bits per heavy atom. The highest BCUT2D eigenvalue weighted by Gasteiger charge is 2.20. The molecule has 12 heavy (non-hydrogen) atoms. The number of carbonyl (C=O) groups excluding carboxylic acids is 1. The van der Waals surface area contributed by atoms with Gasteiger partial charge in [-0.05, 0) is 12.1 Å². The van der Waals surface area contributed by atoms with E-state index in [-0.39, 0.29) is 5.82 Å². The lowest BCUT2D eigenvalue weighted by molar-refractivity contribution is -0.112. The number of rotatable bonds is 1. The number of fused-ring (bicyclic) bond motifs is 1. The zero-order valence-corrected chi connectivity index (χ0v) is 6.08. The van der Waals surface area contributed by atoms with Crippen molar-refractivity contribution in [2.75, 3.05) is 5.32 Å². The highest BCUT2D eigenvalue weighted by molar-refractivity contribution is 5.70. The van der Waals surface area contributed by atoms with E-state index in [2.05, 4.69) is 5.32 Å². The van der Waals surface area contributed by atoms with E-state index in [1.807, 2.05) is 0 Å². The van der Waals surface area contributed by atoms with E-state index in [0.717, 1.165) is 0 Å². The van der Waals surface area contributed by atoms with Gasteiger partial charge in [-0.25, -0.2) is 4.39 Å². The van der Waals surface area contributed by atoms with Gasteiger partial charge in [0, 0.05) is 6.07 Å². The summed E-state index contributed by atoms with van der Waals surface area (Å²) in [7, 11) is 0. The third-order valence-corrected chi connectivity index (χ3v) is 1.62. The maximum absolute atomic E-state index is 12.6. The molecule has 3 nitrogen and oxygen atoms in total. The first-order valence-electron chi connectivity index (χ1n) is 3.47. The van der Waals surface area contributed by atoms with E-state index >= 15 is 0 Å². The Labute approximate surface area is 68.1 Å². The van der Waals surface area contributed by atoms with Crippen molar-refractivity contribution in [3.05, 3.63) is 24.0 Å². The Bertz CT molecular complexity index is 327. The summed E-state index contributed by atoms with van der Waals surface area (Å²) in [4.78, 5) is 10.3. The van der Waals surface area contributed by atoms with Gasteiger partial charge in [0.1, 0.15) is 11.6 Å². The van der Waals surface area contributed by atoms with E-state index < -0.39 is 6.23 Å². The van der Waals surface area contributed by atoms with Gasteiger partial charge in [0.15, 0.2) is 6.29 Å². The van der Waals surface area contributed by atoms with Crippen molar-refractivity contribution < 1.29 is 13.9 Å². The summed E-state index contributed by atoms with van der Waals surface area (Å²) in [6.07, 6.45) is -0.0560. The topological polar surface area (TPSA) is 38.3 Å². The summed E-state index contributed by atoms with van der Waals surface area (Å²) in [5.41, 5.74) is 0.520. The van der Waals surface area contributed by atoms with Crippen LogP contribution in [0.4, 0.5) is 10.1 Å². The maximum atomic E-state index is 12.6. The van der Waals surface area contributed by atoms with Crippen LogP contribution in [0, 0.1) is 5.82 Å². The fourth-order valence-electron chi connectivity index (χ4n) is 1.10. The van der Waals surface area contributed by atoms with Gasteiger partial charge < -0.3 is 10.1 Å². The third kappa shape index (κ3) is 1.01. The van der Waals surface area contributed by atoms with Gasteiger partial charge in [-0.15, -0.1) is 0 Å². The molecule has 1 atom stereocenters. The minimum atomic E-state index is -0.679. The number of ether oxygens (including phenoxy) is 1. The number of halogens is 1. The fraction of sp³-hybridized carbons (Fsp3) is 0.125. The average molecular weight is 167 g/mol. The number of hydrogen-bond donors (Lipinski definition) is 1. The second kappa shape index (κ2) is 2.48. The van der Waals surface area contributed by atoms with Crippen LogP contribution in [0.25, 0.3) is 0 Å². The number of benzene rings is 1. The molecule has 1 N–H and O–H groups in total. The molecule has 0 aromatic heterocycles. The molecular formula is C8H6FNO2. The standard InChI is InChI=1S/C8H6FNO2/c9-5-1-2-7-6(3-5)10-8(4-11)12-7/h1-4,8,10H. The van der Waals surface area contributed by atoms with Crippen LogP contribution in [0.15, 0.2) is 18.2 Å². The quantitative estimate of drug-likeness (QED) is 0.637. The van der Waals surface area contributed by atoms with Gasteiger partial charge in [-0.1, -0.05) is 0 Å². The van der Waals surface area contributed by atoms with Gasteiger partial charge in [0.2, 0.25) is 6.23 Å². The summed E-state index contributed by atoms with van der Waals surface area (Å²) >= 11 is 0. The summed E-state index contributed by atoms with van der Waals surface area (Å²) in [5.74, 6) is 0.157. The molecule has 2 rings (SSSR count). The SMILES string of the molecule is O=CC1Nc2cc(F)ccc2O1. The number of nitrogens with one attached hydrogen (secondary N) is 1. The second-order valence-corrected chi connectivity index (χ2v) is 2.46. The first-order valence-corrected chi connectivity index (χ1v) is 3.47. The smallest absolute Gasteiger partial charge is 0.226 e. The molecule has 0 fully saturated rings. The highest BCUT2D eigenvalue weighted by atomic mass is 19.1. The molecule has 1 unspecified atom stereocenters. The van der Waals surface area contributed by atoms with Crippen LogP contribution < -0.4 is 10.1 Å². The molecule has 0 aliphatic carbocycles. The number of aldehydes is 1. The summed E-state index contributed by atoms with van der Waals surface area (Å²) < 4.78 is 17.7. The second-order valence-electron chi connectivity index (χ2n) is 2.46. The van der Waals surface area contributed by atoms with Gasteiger partial charge in [-0.2, -0.15) is 0 Å². The fourth-order valence-corrected chi connectivity index (χ4v) is 1.10. The van der Waals surface area contributed by atoms with Crippen molar-refractivity contribution in [3.63, 3.8) is 0 Å². The van der Waals surface area contributed by atoms with Crippen LogP contribution in [0.3, 0.4) is 0 Å². The molecule has 0 spiro atoms. The van der Waals surface area contributed by atoms with Crippen LogP contribution in [0.1, 0.15) is 0 Å². The lowest BCUT2D eigenvalue weighted by atomic mass is 10.3. The minimum Gasteiger partial charge on any atom is -0.461 e. The molecule has 1 aliphatic heterocycles. The molecule has 0 saturated carbocycles. The van der Waals surface area contributed by atoms with E-state index in [1.54, 1.807) is 0 Å². The monoisotopic (exact) mass is 167 g/mol. The number of carbonyl (C=O) groups is 1. The molecule has 1 aromatic rings. The normalized spacial score (nSPS) is 19.2. The number of anilines is 1. The van der Waals surface area contributed by atoms with Gasteiger partial charge in [0.05, 0.1) is 5.69 Å². The van der Waals surface area contributed by atoms with Crippen LogP contribution in [-0.4, -0.2) is 12.5 Å². The van der Waals surface area contributed by atoms with E-state index in [0.29, 0.717) is 17.7 Å². The first kappa shape index (κ1) is 7.09. The van der Waals surface area contributed by atoms with Crippen LogP contribution in [0.2, 0.25) is 0 Å². The largest absolute Gasteiger partial charge is 0.461 e. The minimum absolute atomic E-state index is 0.351. The zero-order chi connectivity index (χ0) is 8.55. The average Bonchev–Trinajstić information content (AvgIpc) is 2.46. The molecule has 1 heterocycles. The summed E-state index contributed by atoms with van der Waals surface area (Å²) in [5, 5.41) is 2.69. The van der Waals surface area contributed by atoms with Crippen molar-refractivity contribution in [1.82, 2.24) is 0 Å². The Hall–Kier alpha value is -1.58. The number of hydrogen-bond acceptors (Lipinski definition) is 3. The predicted molar refractivity (Wildman–Crippen MR) is 40.5 cm³/mol. The lowest BCUT2D eigenvalue weighted by Gasteiger charge is -1.99. The maximum Gasteiger partial charge on any atom is 0.226 e. The lowest BCUT2D eigenvalue weighted by Crippen LogP contribution is -2.20. The molecule has 0 radical (unpaired) electrons. The Morgan fingerprint density at radius 1 is 1.58 bits per heavy atom. The summed E-state index contributed by atoms with van der Waals surface area (Å²) in [6.45, 7) is 0. The van der Waals surface area contributed by atoms with Crippen LogP contribution in [-0.2, 0) is 4.79 Å². The molecular weight excluding hydrogens is 161 g/mol. The van der Waals surface area contributed by atoms with Crippen molar-refractivity contribution in [1.29, 1.82) is 0 Å². The first-order chi connectivity index (χ1) is 5.79. The highest BCUT2D eigenvalue weighted by Crippen LogP contribution is 2.31. The molecule has 1 aromatic carbocycles. The third-order valence-electron chi connectivity index (χ3n) is 1.62. The molecule has 1 aliphatic rings. The van der Waals surface area contributed by atoms with E-state index in [1.165, 1.54) is 18.2 Å². The Morgan fingerprint density at radius 2 is 2.42 bits per heavy atom. The molecule has 0 amide bonds. The molecule has 0 bridgehead atoms. The Kier molecular flexibility index (Phi) is 1.46. The van der Waals surface area contributed by atoms with Crippen LogP contribution in [0.5, 0.6) is 5.75 Å². The molecule has 62 valence electrons. The van der Waals surface area contributed by atoms with Gasteiger partial charge >= 0.3 is 0 Å². The zero-order valence-electron chi connectivity index (χ0n) is 6.08. The van der Waals surface area contributed by atoms with E-state index in [9.17, 15) is 9.18 Å². The molecule has 0 saturated heterocycles. The van der Waals surface area contributed by atoms with Crippen molar-refractivity contribution >= 4 is 12.0 Å². The van der Waals surface area contributed by atoms with Gasteiger partial charge in [-0.3, -0.25) is 4.79 Å². The van der Waals surface area contributed by atoms with Crippen molar-refractivity contribution in [2.45, 2.75) is 6.23 Å². The van der Waals surface area contributed by atoms with Crippen molar-refractivity contribution in [3.8, 4) is 5.75 Å².